The first-order valence-corrected chi connectivity index (χ1v) is 7.11. The summed E-state index contributed by atoms with van der Waals surface area (Å²) in [6.07, 6.45) is -0.0450. The highest BCUT2D eigenvalue weighted by Gasteiger charge is 2.39. The van der Waals surface area contributed by atoms with Gasteiger partial charge in [0, 0.05) is 13.0 Å². The second kappa shape index (κ2) is 6.26. The van der Waals surface area contributed by atoms with E-state index < -0.39 is 11.4 Å². The Bertz CT molecular complexity index is 516. The Morgan fingerprint density at radius 2 is 2.05 bits per heavy atom. The van der Waals surface area contributed by atoms with Crippen LogP contribution in [0.3, 0.4) is 0 Å². The number of benzene rings is 1. The van der Waals surface area contributed by atoms with Crippen LogP contribution >= 0.6 is 0 Å². The predicted molar refractivity (Wildman–Crippen MR) is 78.0 cm³/mol. The van der Waals surface area contributed by atoms with Crippen molar-refractivity contribution in [3.05, 3.63) is 35.9 Å². The number of morpholine rings is 1. The largest absolute Gasteiger partial charge is 0.481 e. The maximum absolute atomic E-state index is 12.5. The molecule has 2 atom stereocenters. The third-order valence-corrected chi connectivity index (χ3v) is 4.08. The SMILES string of the molecule is CC1COCCN1C(=O)CC(C)(C(=O)O)c1ccccc1. The standard InChI is InChI=1S/C16H21NO4/c1-12-11-21-9-8-17(12)14(18)10-16(2,15(19)20)13-6-4-3-5-7-13/h3-7,12H,8-11H2,1-2H3,(H,19,20). The summed E-state index contributed by atoms with van der Waals surface area (Å²) in [6.45, 7) is 5.04. The number of hydrogen-bond donors (Lipinski definition) is 1. The summed E-state index contributed by atoms with van der Waals surface area (Å²) in [6, 6.07) is 8.91. The number of hydrogen-bond acceptors (Lipinski definition) is 3. The number of aliphatic carboxylic acids is 1. The fourth-order valence-electron chi connectivity index (χ4n) is 2.61. The van der Waals surface area contributed by atoms with Crippen LogP contribution in [0.1, 0.15) is 25.8 Å². The Balaban J connectivity index is 2.20. The van der Waals surface area contributed by atoms with Crippen molar-refractivity contribution >= 4 is 11.9 Å². The Morgan fingerprint density at radius 1 is 1.38 bits per heavy atom. The van der Waals surface area contributed by atoms with Crippen LogP contribution in [0.15, 0.2) is 30.3 Å². The van der Waals surface area contributed by atoms with Crippen molar-refractivity contribution in [2.45, 2.75) is 31.7 Å². The Morgan fingerprint density at radius 3 is 2.62 bits per heavy atom. The van der Waals surface area contributed by atoms with Gasteiger partial charge in [-0.15, -0.1) is 0 Å². The van der Waals surface area contributed by atoms with Gasteiger partial charge in [0.2, 0.25) is 5.91 Å². The zero-order valence-corrected chi connectivity index (χ0v) is 12.4. The molecule has 114 valence electrons. The molecule has 1 amide bonds. The number of carbonyl (C=O) groups is 2. The van der Waals surface area contributed by atoms with Crippen molar-refractivity contribution in [3.63, 3.8) is 0 Å². The second-order valence-electron chi connectivity index (χ2n) is 5.69. The monoisotopic (exact) mass is 291 g/mol. The summed E-state index contributed by atoms with van der Waals surface area (Å²) < 4.78 is 5.31. The normalized spacial score (nSPS) is 21.6. The van der Waals surface area contributed by atoms with E-state index in [1.165, 1.54) is 0 Å². The van der Waals surface area contributed by atoms with E-state index in [0.29, 0.717) is 25.3 Å². The molecule has 0 radical (unpaired) electrons. The average molecular weight is 291 g/mol. The van der Waals surface area contributed by atoms with Gasteiger partial charge in [-0.1, -0.05) is 30.3 Å². The topological polar surface area (TPSA) is 66.8 Å². The number of rotatable bonds is 4. The molecule has 1 N–H and O–H groups in total. The summed E-state index contributed by atoms with van der Waals surface area (Å²) in [4.78, 5) is 26.0. The Kier molecular flexibility index (Phi) is 4.63. The molecule has 0 spiro atoms. The quantitative estimate of drug-likeness (QED) is 0.916. The van der Waals surface area contributed by atoms with Gasteiger partial charge in [-0.3, -0.25) is 9.59 Å². The molecule has 1 aromatic carbocycles. The minimum absolute atomic E-state index is 0.0138. The number of nitrogens with zero attached hydrogens (tertiary/aromatic N) is 1. The van der Waals surface area contributed by atoms with Gasteiger partial charge in [-0.05, 0) is 19.4 Å². The van der Waals surface area contributed by atoms with E-state index >= 15 is 0 Å². The number of carboxylic acids is 1. The fourth-order valence-corrected chi connectivity index (χ4v) is 2.61. The molecule has 2 rings (SSSR count). The van der Waals surface area contributed by atoms with Gasteiger partial charge in [0.05, 0.1) is 24.7 Å². The van der Waals surface area contributed by atoms with Crippen molar-refractivity contribution in [3.8, 4) is 0 Å². The van der Waals surface area contributed by atoms with E-state index in [0.717, 1.165) is 0 Å². The van der Waals surface area contributed by atoms with E-state index in [1.807, 2.05) is 13.0 Å². The molecule has 0 bridgehead atoms. The van der Waals surface area contributed by atoms with Crippen LogP contribution in [0.5, 0.6) is 0 Å². The van der Waals surface area contributed by atoms with Crippen LogP contribution in [0.2, 0.25) is 0 Å². The van der Waals surface area contributed by atoms with Crippen molar-refractivity contribution in [1.82, 2.24) is 4.90 Å². The summed E-state index contributed by atoms with van der Waals surface area (Å²) in [5.74, 6) is -1.12. The van der Waals surface area contributed by atoms with E-state index in [4.69, 9.17) is 4.74 Å². The van der Waals surface area contributed by atoms with Gasteiger partial charge in [0.15, 0.2) is 0 Å². The molecular weight excluding hydrogens is 270 g/mol. The van der Waals surface area contributed by atoms with Crippen LogP contribution in [0.25, 0.3) is 0 Å². The number of carboxylic acid groups (broad SMARTS) is 1. The zero-order valence-electron chi connectivity index (χ0n) is 12.4. The fraction of sp³-hybridized carbons (Fsp3) is 0.500. The lowest BCUT2D eigenvalue weighted by Crippen LogP contribution is -2.49. The Hall–Kier alpha value is -1.88. The zero-order chi connectivity index (χ0) is 15.5. The number of amides is 1. The maximum atomic E-state index is 12.5. The molecule has 1 aliphatic heterocycles. The van der Waals surface area contributed by atoms with Crippen LogP contribution in [-0.4, -0.2) is 47.7 Å². The smallest absolute Gasteiger partial charge is 0.314 e. The average Bonchev–Trinajstić information content (AvgIpc) is 2.48. The van der Waals surface area contributed by atoms with Gasteiger partial charge in [-0.2, -0.15) is 0 Å². The summed E-state index contributed by atoms with van der Waals surface area (Å²) in [5, 5.41) is 9.60. The summed E-state index contributed by atoms with van der Waals surface area (Å²) in [7, 11) is 0. The first kappa shape index (κ1) is 15.5. The summed E-state index contributed by atoms with van der Waals surface area (Å²) >= 11 is 0. The maximum Gasteiger partial charge on any atom is 0.314 e. The third-order valence-electron chi connectivity index (χ3n) is 4.08. The lowest BCUT2D eigenvalue weighted by Gasteiger charge is -2.35. The molecule has 1 saturated heterocycles. The van der Waals surface area contributed by atoms with Crippen molar-refractivity contribution in [2.75, 3.05) is 19.8 Å². The minimum atomic E-state index is -1.21. The molecule has 1 fully saturated rings. The van der Waals surface area contributed by atoms with Crippen molar-refractivity contribution < 1.29 is 19.4 Å². The molecule has 0 saturated carbocycles. The molecule has 1 aliphatic rings. The Labute approximate surface area is 124 Å². The van der Waals surface area contributed by atoms with E-state index in [2.05, 4.69) is 0 Å². The van der Waals surface area contributed by atoms with Gasteiger partial charge in [0.25, 0.3) is 0 Å². The van der Waals surface area contributed by atoms with Gasteiger partial charge < -0.3 is 14.7 Å². The van der Waals surface area contributed by atoms with Crippen LogP contribution in [-0.2, 0) is 19.7 Å². The highest BCUT2D eigenvalue weighted by molar-refractivity contribution is 5.89. The molecular formula is C16H21NO4. The molecule has 1 heterocycles. The van der Waals surface area contributed by atoms with Crippen LogP contribution < -0.4 is 0 Å². The lowest BCUT2D eigenvalue weighted by molar-refractivity contribution is -0.150. The molecule has 2 unspecified atom stereocenters. The van der Waals surface area contributed by atoms with Crippen molar-refractivity contribution in [2.24, 2.45) is 0 Å². The number of carbonyl (C=O) groups excluding carboxylic acids is 1. The molecule has 0 aromatic heterocycles. The van der Waals surface area contributed by atoms with Gasteiger partial charge >= 0.3 is 5.97 Å². The predicted octanol–water partition coefficient (Wildman–Crippen LogP) is 1.67. The van der Waals surface area contributed by atoms with Gasteiger partial charge in [-0.25, -0.2) is 0 Å². The lowest BCUT2D eigenvalue weighted by atomic mass is 9.79. The molecule has 1 aromatic rings. The molecule has 21 heavy (non-hydrogen) atoms. The molecule has 5 heteroatoms. The third kappa shape index (κ3) is 3.24. The van der Waals surface area contributed by atoms with E-state index in [9.17, 15) is 14.7 Å². The summed E-state index contributed by atoms with van der Waals surface area (Å²) in [5.41, 5.74) is -0.567. The second-order valence-corrected chi connectivity index (χ2v) is 5.69. The molecule has 5 nitrogen and oxygen atoms in total. The van der Waals surface area contributed by atoms with Crippen LogP contribution in [0.4, 0.5) is 0 Å². The first-order valence-electron chi connectivity index (χ1n) is 7.11. The highest BCUT2D eigenvalue weighted by atomic mass is 16.5. The van der Waals surface area contributed by atoms with Crippen LogP contribution in [0, 0.1) is 0 Å². The van der Waals surface area contributed by atoms with Gasteiger partial charge in [0.1, 0.15) is 0 Å². The van der Waals surface area contributed by atoms with E-state index in [1.54, 1.807) is 36.1 Å². The molecule has 0 aliphatic carbocycles. The highest BCUT2D eigenvalue weighted by Crippen LogP contribution is 2.29. The minimum Gasteiger partial charge on any atom is -0.481 e. The first-order chi connectivity index (χ1) is 9.95. The van der Waals surface area contributed by atoms with E-state index in [-0.39, 0.29) is 18.4 Å². The van der Waals surface area contributed by atoms with Crippen molar-refractivity contribution in [1.29, 1.82) is 0 Å². The number of ether oxygens (including phenoxy) is 1.